The molecule has 3 aromatic rings. The number of nitrogens with zero attached hydrogens (tertiary/aromatic N) is 1. The van der Waals surface area contributed by atoms with Crippen molar-refractivity contribution in [2.45, 2.75) is 0 Å². The van der Waals surface area contributed by atoms with Crippen molar-refractivity contribution in [1.29, 1.82) is 0 Å². The van der Waals surface area contributed by atoms with Gasteiger partial charge in [-0.3, -0.25) is 4.79 Å². The van der Waals surface area contributed by atoms with Gasteiger partial charge in [0, 0.05) is 5.56 Å². The van der Waals surface area contributed by atoms with Crippen LogP contribution in [0.5, 0.6) is 0 Å². The van der Waals surface area contributed by atoms with Gasteiger partial charge in [0.15, 0.2) is 11.3 Å². The van der Waals surface area contributed by atoms with Gasteiger partial charge in [0.2, 0.25) is 5.43 Å². The lowest BCUT2D eigenvalue weighted by Crippen LogP contribution is -2.13. The van der Waals surface area contributed by atoms with Crippen LogP contribution in [0.25, 0.3) is 44.8 Å². The molecule has 1 aliphatic heterocycles. The number of nitrogens with two attached hydrogens (primary N) is 1. The smallest absolute Gasteiger partial charge is 0.335 e. The maximum absolute atomic E-state index is 13.0. The standard InChI is InChI=1S/C26H16N2O6/c27-18-12-20-24(21(22(18)29)14-5-2-7-16(11-14)26(32)33)34-23-17(8-3-9-19(23)28-20)13-4-1-6-15(10-13)25(30)31/h1-12H,27H2,(H,30,31)(H,32,33). The molecule has 8 heteroatoms. The fraction of sp³-hybridized carbons (Fsp3) is 0. The van der Waals surface area contributed by atoms with Crippen LogP contribution in [0.4, 0.5) is 5.69 Å². The van der Waals surface area contributed by atoms with Crippen LogP contribution in [-0.4, -0.2) is 27.1 Å². The average Bonchev–Trinajstić information content (AvgIpc) is 2.83. The molecule has 0 unspecified atom stereocenters. The largest absolute Gasteiger partial charge is 0.478 e. The van der Waals surface area contributed by atoms with Crippen LogP contribution in [0, 0.1) is 0 Å². The number of para-hydroxylation sites is 1. The predicted octanol–water partition coefficient (Wildman–Crippen LogP) is 4.61. The third kappa shape index (κ3) is 3.43. The molecule has 5 rings (SSSR count). The molecule has 1 heterocycles. The maximum atomic E-state index is 13.0. The number of carboxylic acid groups (broad SMARTS) is 2. The number of fused-ring (bicyclic) bond motifs is 2. The Morgan fingerprint density at radius 3 is 2.12 bits per heavy atom. The van der Waals surface area contributed by atoms with Crippen molar-refractivity contribution >= 4 is 28.7 Å². The number of benzene rings is 4. The first-order valence-electron chi connectivity index (χ1n) is 10.2. The van der Waals surface area contributed by atoms with Crippen molar-refractivity contribution < 1.29 is 24.2 Å². The molecule has 8 nitrogen and oxygen atoms in total. The number of nitrogen functional groups attached to an aromatic ring is 1. The Morgan fingerprint density at radius 2 is 1.44 bits per heavy atom. The summed E-state index contributed by atoms with van der Waals surface area (Å²) >= 11 is 0. The van der Waals surface area contributed by atoms with Gasteiger partial charge in [-0.2, -0.15) is 0 Å². The Hall–Kier alpha value is -4.98. The van der Waals surface area contributed by atoms with E-state index in [1.807, 2.05) is 0 Å². The summed E-state index contributed by atoms with van der Waals surface area (Å²) in [6.07, 6.45) is 0. The summed E-state index contributed by atoms with van der Waals surface area (Å²) in [5.41, 5.74) is 8.31. The van der Waals surface area contributed by atoms with Crippen LogP contribution in [0.1, 0.15) is 20.7 Å². The van der Waals surface area contributed by atoms with Crippen molar-refractivity contribution in [2.24, 2.45) is 0 Å². The summed E-state index contributed by atoms with van der Waals surface area (Å²) in [7, 11) is 0. The summed E-state index contributed by atoms with van der Waals surface area (Å²) in [6, 6.07) is 19.0. The molecule has 0 amide bonds. The Kier molecular flexibility index (Phi) is 4.83. The molecule has 166 valence electrons. The Morgan fingerprint density at radius 1 is 0.824 bits per heavy atom. The van der Waals surface area contributed by atoms with E-state index in [2.05, 4.69) is 4.98 Å². The van der Waals surface area contributed by atoms with Gasteiger partial charge in [-0.25, -0.2) is 14.6 Å². The molecule has 0 spiro atoms. The molecule has 3 aromatic carbocycles. The maximum Gasteiger partial charge on any atom is 0.335 e. The normalized spacial score (nSPS) is 11.1. The molecule has 0 bridgehead atoms. The minimum atomic E-state index is -1.14. The van der Waals surface area contributed by atoms with Crippen molar-refractivity contribution in [3.8, 4) is 33.7 Å². The average molecular weight is 452 g/mol. The summed E-state index contributed by atoms with van der Waals surface area (Å²) in [4.78, 5) is 40.6. The highest BCUT2D eigenvalue weighted by Crippen LogP contribution is 2.37. The van der Waals surface area contributed by atoms with Gasteiger partial charge in [0.05, 0.1) is 22.4 Å². The monoisotopic (exact) mass is 452 g/mol. The third-order valence-corrected chi connectivity index (χ3v) is 5.50. The number of hydrogen-bond acceptors (Lipinski definition) is 6. The van der Waals surface area contributed by atoms with Crippen molar-refractivity contribution in [3.63, 3.8) is 0 Å². The van der Waals surface area contributed by atoms with E-state index in [9.17, 15) is 24.6 Å². The predicted molar refractivity (Wildman–Crippen MR) is 126 cm³/mol. The van der Waals surface area contributed by atoms with Crippen LogP contribution in [0.3, 0.4) is 0 Å². The Balaban J connectivity index is 1.84. The SMILES string of the molecule is Nc1cc2nc3cccc(-c4cccc(C(=O)O)c4)c3oc-2c(-c2cccc(C(=O)O)c2)c1=O. The lowest BCUT2D eigenvalue weighted by Gasteiger charge is -2.14. The molecular weight excluding hydrogens is 436 g/mol. The number of aromatic carboxylic acids is 2. The zero-order chi connectivity index (χ0) is 24.0. The van der Waals surface area contributed by atoms with Gasteiger partial charge in [-0.15, -0.1) is 0 Å². The summed E-state index contributed by atoms with van der Waals surface area (Å²) in [5, 5.41) is 18.7. The van der Waals surface area contributed by atoms with Crippen molar-refractivity contribution in [2.75, 3.05) is 5.73 Å². The Labute approximate surface area is 191 Å². The van der Waals surface area contributed by atoms with Gasteiger partial charge in [-0.1, -0.05) is 36.4 Å². The van der Waals surface area contributed by atoms with Crippen LogP contribution in [-0.2, 0) is 0 Å². The lowest BCUT2D eigenvalue weighted by molar-refractivity contribution is 0.0686. The highest BCUT2D eigenvalue weighted by Gasteiger charge is 2.23. The zero-order valence-corrected chi connectivity index (χ0v) is 17.5. The molecule has 0 radical (unpaired) electrons. The number of carbonyl (C=O) groups is 2. The minimum Gasteiger partial charge on any atom is -0.478 e. The molecule has 0 aromatic heterocycles. The van der Waals surface area contributed by atoms with E-state index in [4.69, 9.17) is 10.2 Å². The van der Waals surface area contributed by atoms with E-state index < -0.39 is 17.4 Å². The van der Waals surface area contributed by atoms with Gasteiger partial charge in [0.25, 0.3) is 0 Å². The van der Waals surface area contributed by atoms with E-state index >= 15 is 0 Å². The quantitative estimate of drug-likeness (QED) is 0.265. The van der Waals surface area contributed by atoms with E-state index in [-0.39, 0.29) is 28.1 Å². The third-order valence-electron chi connectivity index (χ3n) is 5.50. The molecule has 0 atom stereocenters. The van der Waals surface area contributed by atoms with Gasteiger partial charge in [0.1, 0.15) is 11.2 Å². The van der Waals surface area contributed by atoms with Crippen molar-refractivity contribution in [3.05, 3.63) is 94.1 Å². The summed E-state index contributed by atoms with van der Waals surface area (Å²) in [6.45, 7) is 0. The molecule has 34 heavy (non-hydrogen) atoms. The zero-order valence-electron chi connectivity index (χ0n) is 17.5. The topological polar surface area (TPSA) is 144 Å². The van der Waals surface area contributed by atoms with E-state index in [0.29, 0.717) is 33.5 Å². The molecule has 0 saturated heterocycles. The summed E-state index contributed by atoms with van der Waals surface area (Å²) < 4.78 is 6.24. The Bertz CT molecular complexity index is 1650. The number of aromatic nitrogens is 1. The number of rotatable bonds is 4. The first-order chi connectivity index (χ1) is 16.3. The number of hydrogen-bond donors (Lipinski definition) is 3. The second-order valence-corrected chi connectivity index (χ2v) is 7.66. The molecule has 4 N–H and O–H groups in total. The fourth-order valence-corrected chi connectivity index (χ4v) is 3.91. The van der Waals surface area contributed by atoms with Crippen molar-refractivity contribution in [1.82, 2.24) is 4.98 Å². The number of carboxylic acids is 2. The first kappa shape index (κ1) is 20.9. The molecule has 1 aliphatic carbocycles. The van der Waals surface area contributed by atoms with Crippen LogP contribution >= 0.6 is 0 Å². The van der Waals surface area contributed by atoms with Crippen LogP contribution in [0.2, 0.25) is 0 Å². The van der Waals surface area contributed by atoms with E-state index in [0.717, 1.165) is 0 Å². The molecule has 2 aliphatic rings. The highest BCUT2D eigenvalue weighted by molar-refractivity contribution is 5.96. The van der Waals surface area contributed by atoms with Crippen LogP contribution in [0.15, 0.2) is 82.0 Å². The van der Waals surface area contributed by atoms with Gasteiger partial charge < -0.3 is 20.4 Å². The number of anilines is 1. The highest BCUT2D eigenvalue weighted by atomic mass is 16.4. The van der Waals surface area contributed by atoms with Crippen LogP contribution < -0.4 is 11.2 Å². The lowest BCUT2D eigenvalue weighted by atomic mass is 9.97. The molecular formula is C26H16N2O6. The molecule has 0 fully saturated rings. The summed E-state index contributed by atoms with van der Waals surface area (Å²) in [5.74, 6) is -2.05. The van der Waals surface area contributed by atoms with Gasteiger partial charge in [-0.05, 0) is 47.5 Å². The van der Waals surface area contributed by atoms with E-state index in [1.165, 1.54) is 36.4 Å². The van der Waals surface area contributed by atoms with Gasteiger partial charge >= 0.3 is 11.9 Å². The first-order valence-corrected chi connectivity index (χ1v) is 10.2. The second-order valence-electron chi connectivity index (χ2n) is 7.66. The second kappa shape index (κ2) is 7.86. The van der Waals surface area contributed by atoms with E-state index in [1.54, 1.807) is 36.4 Å². The molecule has 0 saturated carbocycles. The minimum absolute atomic E-state index is 0.00685. The fourth-order valence-electron chi connectivity index (χ4n) is 3.91.